The Morgan fingerprint density at radius 1 is 1.05 bits per heavy atom. The lowest BCUT2D eigenvalue weighted by atomic mass is 9.70. The van der Waals surface area contributed by atoms with Crippen molar-refractivity contribution in [3.63, 3.8) is 0 Å². The molecule has 0 radical (unpaired) electrons. The van der Waals surface area contributed by atoms with E-state index in [2.05, 4.69) is 67.8 Å². The predicted octanol–water partition coefficient (Wildman–Crippen LogP) is 4.37. The first-order chi connectivity index (χ1) is 8.49. The van der Waals surface area contributed by atoms with Crippen LogP contribution in [0.15, 0.2) is 12.2 Å². The minimum Gasteiger partial charge on any atom is -0.253 e. The van der Waals surface area contributed by atoms with E-state index in [4.69, 9.17) is 0 Å². The normalized spacial score (nSPS) is 17.1. The predicted molar refractivity (Wildman–Crippen MR) is 94.6 cm³/mol. The maximum absolute atomic E-state index is 12.4. The number of allylic oxidation sites excluding steroid dienone is 1. The van der Waals surface area contributed by atoms with Gasteiger partial charge in [0.25, 0.3) is 0 Å². The summed E-state index contributed by atoms with van der Waals surface area (Å²) in [6, 6.07) is 0. The summed E-state index contributed by atoms with van der Waals surface area (Å²) < 4.78 is 14.4. The van der Waals surface area contributed by atoms with E-state index in [-0.39, 0.29) is 16.4 Å². The summed E-state index contributed by atoms with van der Waals surface area (Å²) in [6.07, 6.45) is 2.66. The summed E-state index contributed by atoms with van der Waals surface area (Å²) in [5, 5.41) is 0. The molecule has 0 heterocycles. The fraction of sp³-hybridized carbons (Fsp3) is 0.824. The van der Waals surface area contributed by atoms with E-state index in [1.807, 2.05) is 4.31 Å². The van der Waals surface area contributed by atoms with Crippen LogP contribution in [-0.4, -0.2) is 32.7 Å². The SMILES string of the molecule is C=C(C(C)(C)C)C(C)(C)CCN(C(C)(C)C)S(=C)(C)=O. The van der Waals surface area contributed by atoms with Gasteiger partial charge in [0.2, 0.25) is 0 Å². The molecule has 0 aliphatic rings. The van der Waals surface area contributed by atoms with Gasteiger partial charge in [-0.2, -0.15) is 0 Å². The van der Waals surface area contributed by atoms with Crippen LogP contribution in [0.25, 0.3) is 0 Å². The average Bonchev–Trinajstić information content (AvgIpc) is 2.10. The zero-order chi connectivity index (χ0) is 16.6. The molecule has 0 spiro atoms. The molecule has 3 heteroatoms. The molecule has 0 saturated carbocycles. The highest BCUT2D eigenvalue weighted by Crippen LogP contribution is 2.41. The fourth-order valence-electron chi connectivity index (χ4n) is 2.65. The van der Waals surface area contributed by atoms with Crippen LogP contribution < -0.4 is 0 Å². The molecule has 0 aromatic heterocycles. The van der Waals surface area contributed by atoms with Crippen LogP contribution in [0.5, 0.6) is 0 Å². The smallest absolute Gasteiger partial charge is 0.0250 e. The van der Waals surface area contributed by atoms with E-state index < -0.39 is 9.71 Å². The van der Waals surface area contributed by atoms with Crippen LogP contribution >= 0.6 is 0 Å². The Balaban J connectivity index is 5.12. The third kappa shape index (κ3) is 5.61. The van der Waals surface area contributed by atoms with Crippen molar-refractivity contribution in [2.75, 3.05) is 12.8 Å². The van der Waals surface area contributed by atoms with Gasteiger partial charge >= 0.3 is 0 Å². The van der Waals surface area contributed by atoms with Crippen molar-refractivity contribution in [3.05, 3.63) is 12.2 Å². The number of hydrogen-bond acceptors (Lipinski definition) is 1. The summed E-state index contributed by atoms with van der Waals surface area (Å²) in [5.41, 5.74) is 1.21. The minimum atomic E-state index is -2.20. The van der Waals surface area contributed by atoms with E-state index in [1.165, 1.54) is 5.57 Å². The van der Waals surface area contributed by atoms with Crippen molar-refractivity contribution in [2.24, 2.45) is 10.8 Å². The van der Waals surface area contributed by atoms with Gasteiger partial charge in [-0.05, 0) is 43.9 Å². The van der Waals surface area contributed by atoms with Gasteiger partial charge < -0.3 is 0 Å². The van der Waals surface area contributed by atoms with Crippen LogP contribution in [0.1, 0.15) is 61.8 Å². The van der Waals surface area contributed by atoms with Crippen LogP contribution in [0, 0.1) is 10.8 Å². The molecule has 0 aromatic carbocycles. The lowest BCUT2D eigenvalue weighted by Crippen LogP contribution is -2.46. The Morgan fingerprint density at radius 2 is 1.45 bits per heavy atom. The molecule has 0 aromatic rings. The van der Waals surface area contributed by atoms with Gasteiger partial charge in [-0.1, -0.05) is 46.8 Å². The Bertz CT molecular complexity index is 444. The average molecular weight is 302 g/mol. The standard InChI is InChI=1S/C17H35NOS/c1-14(15(2,3)4)17(8,9)12-13-18(16(5,6)7)20(10,11)19/h1,10,12-13H2,2-9,11H3. The van der Waals surface area contributed by atoms with Crippen molar-refractivity contribution in [1.82, 2.24) is 4.31 Å². The lowest BCUT2D eigenvalue weighted by molar-refractivity contribution is 0.220. The maximum Gasteiger partial charge on any atom is 0.0250 e. The molecule has 2 nitrogen and oxygen atoms in total. The second-order valence-corrected chi connectivity index (χ2v) is 11.0. The molecule has 0 rings (SSSR count). The highest BCUT2D eigenvalue weighted by Gasteiger charge is 2.33. The third-order valence-electron chi connectivity index (χ3n) is 3.88. The third-order valence-corrected chi connectivity index (χ3v) is 5.54. The van der Waals surface area contributed by atoms with Crippen LogP contribution in [0.4, 0.5) is 0 Å². The maximum atomic E-state index is 12.4. The molecular formula is C17H35NOS. The van der Waals surface area contributed by atoms with Crippen LogP contribution in [0.3, 0.4) is 0 Å². The van der Waals surface area contributed by atoms with Gasteiger partial charge in [0.15, 0.2) is 0 Å². The Morgan fingerprint density at radius 3 is 1.70 bits per heavy atom. The van der Waals surface area contributed by atoms with Crippen LogP contribution in [0.2, 0.25) is 0 Å². The second kappa shape index (κ2) is 5.84. The van der Waals surface area contributed by atoms with E-state index in [1.54, 1.807) is 6.26 Å². The largest absolute Gasteiger partial charge is 0.253 e. The summed E-state index contributed by atoms with van der Waals surface area (Å²) in [6.45, 7) is 22.4. The molecule has 120 valence electrons. The minimum absolute atomic E-state index is 0.0203. The first-order valence-corrected chi connectivity index (χ1v) is 9.39. The molecule has 0 amide bonds. The molecule has 0 saturated heterocycles. The van der Waals surface area contributed by atoms with Crippen molar-refractivity contribution in [1.29, 1.82) is 0 Å². The Hall–Kier alpha value is -0.280. The molecule has 0 bridgehead atoms. The second-order valence-electron chi connectivity index (χ2n) is 8.59. The first kappa shape index (κ1) is 19.7. The summed E-state index contributed by atoms with van der Waals surface area (Å²) >= 11 is 0. The zero-order valence-corrected chi connectivity index (χ0v) is 15.9. The first-order valence-electron chi connectivity index (χ1n) is 7.29. The molecule has 1 unspecified atom stereocenters. The topological polar surface area (TPSA) is 20.3 Å². The summed E-state index contributed by atoms with van der Waals surface area (Å²) in [7, 11) is -2.20. The van der Waals surface area contributed by atoms with Crippen LogP contribution in [-0.2, 0) is 9.71 Å². The van der Waals surface area contributed by atoms with Gasteiger partial charge in [-0.3, -0.25) is 4.21 Å². The van der Waals surface area contributed by atoms with E-state index in [9.17, 15) is 4.21 Å². The Kier molecular flexibility index (Phi) is 5.76. The van der Waals surface area contributed by atoms with Gasteiger partial charge in [-0.25, -0.2) is 4.31 Å². The van der Waals surface area contributed by atoms with Crippen molar-refractivity contribution < 1.29 is 4.21 Å². The molecule has 0 fully saturated rings. The lowest BCUT2D eigenvalue weighted by Gasteiger charge is -2.41. The van der Waals surface area contributed by atoms with Crippen molar-refractivity contribution in [3.8, 4) is 0 Å². The quantitative estimate of drug-likeness (QED) is 0.545. The number of rotatable bonds is 5. The van der Waals surface area contributed by atoms with E-state index in [0.717, 1.165) is 13.0 Å². The molecule has 0 N–H and O–H groups in total. The molecule has 0 aliphatic carbocycles. The molecular weight excluding hydrogens is 266 g/mol. The van der Waals surface area contributed by atoms with Gasteiger partial charge in [0.1, 0.15) is 0 Å². The molecule has 0 aliphatic heterocycles. The number of hydrogen-bond donors (Lipinski definition) is 0. The molecule has 1 atom stereocenters. The van der Waals surface area contributed by atoms with Gasteiger partial charge in [0.05, 0.1) is 0 Å². The van der Waals surface area contributed by atoms with E-state index >= 15 is 0 Å². The van der Waals surface area contributed by atoms with Gasteiger partial charge in [0, 0.05) is 28.0 Å². The monoisotopic (exact) mass is 301 g/mol. The van der Waals surface area contributed by atoms with Gasteiger partial charge in [-0.15, -0.1) is 0 Å². The van der Waals surface area contributed by atoms with Crippen molar-refractivity contribution >= 4 is 15.6 Å². The highest BCUT2D eigenvalue weighted by molar-refractivity contribution is 7.97. The highest BCUT2D eigenvalue weighted by atomic mass is 32.2. The summed E-state index contributed by atoms with van der Waals surface area (Å²) in [4.78, 5) is 0. The number of nitrogens with zero attached hydrogens (tertiary/aromatic N) is 1. The van der Waals surface area contributed by atoms with Crippen molar-refractivity contribution in [2.45, 2.75) is 67.3 Å². The van der Waals surface area contributed by atoms with E-state index in [0.29, 0.717) is 0 Å². The molecule has 20 heavy (non-hydrogen) atoms. The summed E-state index contributed by atoms with van der Waals surface area (Å²) in [5.74, 6) is 3.86. The Labute approximate surface area is 127 Å². The fourth-order valence-corrected chi connectivity index (χ4v) is 4.29. The zero-order valence-electron chi connectivity index (χ0n) is 15.1.